The van der Waals surface area contributed by atoms with Crippen molar-refractivity contribution in [3.63, 3.8) is 0 Å². The molecule has 9 heteroatoms. The normalized spacial score (nSPS) is 18.4. The van der Waals surface area contributed by atoms with Gasteiger partial charge in [0.15, 0.2) is 0 Å². The van der Waals surface area contributed by atoms with Crippen molar-refractivity contribution < 1.29 is 9.13 Å². The zero-order valence-corrected chi connectivity index (χ0v) is 18.9. The molecule has 32 heavy (non-hydrogen) atoms. The molecule has 0 atom stereocenters. The van der Waals surface area contributed by atoms with E-state index in [4.69, 9.17) is 27.9 Å². The number of hydrazine groups is 1. The van der Waals surface area contributed by atoms with E-state index in [0.717, 1.165) is 62.2 Å². The third-order valence-electron chi connectivity index (χ3n) is 5.93. The summed E-state index contributed by atoms with van der Waals surface area (Å²) in [5.74, 6) is 0.406. The number of hydrogen-bond acceptors (Lipinski definition) is 6. The first-order valence-electron chi connectivity index (χ1n) is 10.6. The molecule has 1 fully saturated rings. The molecule has 0 saturated carbocycles. The van der Waals surface area contributed by atoms with E-state index in [1.807, 2.05) is 0 Å². The van der Waals surface area contributed by atoms with E-state index in [9.17, 15) is 4.39 Å². The van der Waals surface area contributed by atoms with Gasteiger partial charge in [0.2, 0.25) is 0 Å². The Balaban J connectivity index is 1.39. The van der Waals surface area contributed by atoms with E-state index in [1.165, 1.54) is 11.8 Å². The van der Waals surface area contributed by atoms with Gasteiger partial charge in [-0.2, -0.15) is 0 Å². The number of anilines is 1. The van der Waals surface area contributed by atoms with Crippen molar-refractivity contribution in [2.24, 2.45) is 0 Å². The minimum absolute atomic E-state index is 0.0722. The van der Waals surface area contributed by atoms with Crippen LogP contribution in [0.1, 0.15) is 11.1 Å². The first kappa shape index (κ1) is 21.2. The van der Waals surface area contributed by atoms with E-state index in [-0.39, 0.29) is 5.02 Å². The monoisotopic (exact) mass is 475 g/mol. The molecule has 3 N–H and O–H groups in total. The quantitative estimate of drug-likeness (QED) is 0.586. The highest BCUT2D eigenvalue weighted by Crippen LogP contribution is 2.31. The van der Waals surface area contributed by atoms with Crippen LogP contribution in [-0.4, -0.2) is 44.3 Å². The molecule has 6 nitrogen and oxygen atoms in total. The molecule has 0 spiro atoms. The van der Waals surface area contributed by atoms with Gasteiger partial charge in [0.1, 0.15) is 11.6 Å². The Morgan fingerprint density at radius 2 is 1.75 bits per heavy atom. The summed E-state index contributed by atoms with van der Waals surface area (Å²) in [7, 11) is 0. The zero-order valence-electron chi connectivity index (χ0n) is 17.4. The maximum Gasteiger partial charge on any atom is 0.142 e. The predicted octanol–water partition coefficient (Wildman–Crippen LogP) is 3.69. The molecule has 0 amide bonds. The van der Waals surface area contributed by atoms with Gasteiger partial charge in [-0.25, -0.2) is 4.39 Å². The van der Waals surface area contributed by atoms with Crippen LogP contribution in [0.5, 0.6) is 0 Å². The lowest BCUT2D eigenvalue weighted by atomic mass is 10.1. The topological polar surface area (TPSA) is 51.8 Å². The fraction of sp³-hybridized carbons (Fsp3) is 0.304. The molecule has 3 aliphatic heterocycles. The summed E-state index contributed by atoms with van der Waals surface area (Å²) in [4.78, 5) is 4.47. The molecule has 0 bridgehead atoms. The number of nitrogens with one attached hydrogen (secondary N) is 3. The second kappa shape index (κ2) is 9.10. The molecule has 2 aromatic carbocycles. The van der Waals surface area contributed by atoms with E-state index in [2.05, 4.69) is 56.3 Å². The van der Waals surface area contributed by atoms with Gasteiger partial charge in [-0.05, 0) is 35.9 Å². The molecule has 2 aromatic rings. The molecule has 0 aromatic heterocycles. The Morgan fingerprint density at radius 3 is 2.53 bits per heavy atom. The van der Waals surface area contributed by atoms with Crippen LogP contribution in [-0.2, 0) is 11.3 Å². The molecule has 0 unspecified atom stereocenters. The smallest absolute Gasteiger partial charge is 0.142 e. The Hall–Kier alpha value is -2.61. The second-order valence-corrected chi connectivity index (χ2v) is 8.67. The van der Waals surface area contributed by atoms with Gasteiger partial charge in [-0.3, -0.25) is 10.9 Å². The summed E-state index contributed by atoms with van der Waals surface area (Å²) in [5, 5.41) is 3.90. The van der Waals surface area contributed by atoms with Crippen LogP contribution in [0.3, 0.4) is 0 Å². The average molecular weight is 476 g/mol. The Labute approximate surface area is 196 Å². The number of ether oxygens (including phenoxy) is 1. The SMILES string of the molecule is Fc1ccc(Cl)c(CN2CCNC3=C2C=C(c2ccc(N4CCOCC4)cc2)NN3)c1Cl. The van der Waals surface area contributed by atoms with Crippen LogP contribution >= 0.6 is 23.2 Å². The Bertz CT molecular complexity index is 1070. The molecule has 3 heterocycles. The highest BCUT2D eigenvalue weighted by Gasteiger charge is 2.25. The van der Waals surface area contributed by atoms with Gasteiger partial charge in [0.05, 0.1) is 29.6 Å². The first-order chi connectivity index (χ1) is 15.6. The fourth-order valence-electron chi connectivity index (χ4n) is 4.16. The van der Waals surface area contributed by atoms with Gasteiger partial charge < -0.3 is 19.9 Å². The van der Waals surface area contributed by atoms with E-state index in [1.54, 1.807) is 6.07 Å². The van der Waals surface area contributed by atoms with Crippen molar-refractivity contribution in [1.29, 1.82) is 0 Å². The average Bonchev–Trinajstić information content (AvgIpc) is 2.85. The number of rotatable bonds is 4. The van der Waals surface area contributed by atoms with Crippen LogP contribution in [0.15, 0.2) is 54.0 Å². The van der Waals surface area contributed by atoms with Gasteiger partial charge >= 0.3 is 0 Å². The number of hydrogen-bond donors (Lipinski definition) is 3. The van der Waals surface area contributed by atoms with E-state index < -0.39 is 5.82 Å². The molecular formula is C23H24Cl2FN5O. The molecule has 1 saturated heterocycles. The van der Waals surface area contributed by atoms with Crippen LogP contribution in [0.4, 0.5) is 10.1 Å². The van der Waals surface area contributed by atoms with Crippen molar-refractivity contribution in [3.05, 3.63) is 81.0 Å². The summed E-state index contributed by atoms with van der Waals surface area (Å²) in [6.07, 6.45) is 2.09. The standard InChI is InChI=1S/C23H24Cl2FN5O/c24-18-5-6-19(26)22(25)17(18)14-31-8-7-27-23-21(31)13-20(28-29-23)15-1-3-16(4-2-15)30-9-11-32-12-10-30/h1-6,13,27-29H,7-12,14H2. The second-order valence-electron chi connectivity index (χ2n) is 7.88. The third-order valence-corrected chi connectivity index (χ3v) is 6.69. The van der Waals surface area contributed by atoms with Crippen molar-refractivity contribution >= 4 is 34.6 Å². The minimum atomic E-state index is -0.463. The van der Waals surface area contributed by atoms with E-state index >= 15 is 0 Å². The van der Waals surface area contributed by atoms with Crippen LogP contribution in [0.25, 0.3) is 5.70 Å². The maximum absolute atomic E-state index is 14.0. The van der Waals surface area contributed by atoms with Gasteiger partial charge in [-0.15, -0.1) is 0 Å². The lowest BCUT2D eigenvalue weighted by Gasteiger charge is -2.37. The molecule has 5 rings (SSSR count). The first-order valence-corrected chi connectivity index (χ1v) is 11.4. The highest BCUT2D eigenvalue weighted by atomic mass is 35.5. The van der Waals surface area contributed by atoms with Crippen molar-refractivity contribution in [3.8, 4) is 0 Å². The molecular weight excluding hydrogens is 452 g/mol. The van der Waals surface area contributed by atoms with Crippen LogP contribution in [0.2, 0.25) is 10.0 Å². The van der Waals surface area contributed by atoms with Crippen molar-refractivity contribution in [2.75, 3.05) is 44.3 Å². The summed E-state index contributed by atoms with van der Waals surface area (Å²) in [6.45, 7) is 5.24. The summed E-state index contributed by atoms with van der Waals surface area (Å²) in [6, 6.07) is 11.3. The number of halogens is 3. The van der Waals surface area contributed by atoms with Gasteiger partial charge in [0.25, 0.3) is 0 Å². The zero-order chi connectivity index (χ0) is 22.1. The third kappa shape index (κ3) is 4.20. The number of nitrogens with zero attached hydrogens (tertiary/aromatic N) is 2. The number of allylic oxidation sites excluding steroid dienone is 1. The molecule has 0 aliphatic carbocycles. The lowest BCUT2D eigenvalue weighted by Crippen LogP contribution is -2.48. The summed E-state index contributed by atoms with van der Waals surface area (Å²) >= 11 is 12.6. The van der Waals surface area contributed by atoms with Crippen LogP contribution in [0, 0.1) is 5.82 Å². The van der Waals surface area contributed by atoms with Crippen molar-refractivity contribution in [2.45, 2.75) is 6.54 Å². The number of benzene rings is 2. The minimum Gasteiger partial charge on any atom is -0.378 e. The summed E-state index contributed by atoms with van der Waals surface area (Å²) in [5.41, 5.74) is 11.3. The summed E-state index contributed by atoms with van der Waals surface area (Å²) < 4.78 is 19.5. The predicted molar refractivity (Wildman–Crippen MR) is 126 cm³/mol. The molecule has 3 aliphatic rings. The van der Waals surface area contributed by atoms with Gasteiger partial charge in [-0.1, -0.05) is 35.3 Å². The Kier molecular flexibility index (Phi) is 6.04. The van der Waals surface area contributed by atoms with E-state index in [0.29, 0.717) is 17.1 Å². The maximum atomic E-state index is 14.0. The largest absolute Gasteiger partial charge is 0.378 e. The molecule has 168 valence electrons. The Morgan fingerprint density at radius 1 is 0.969 bits per heavy atom. The molecule has 0 radical (unpaired) electrons. The fourth-order valence-corrected chi connectivity index (χ4v) is 4.65. The highest BCUT2D eigenvalue weighted by molar-refractivity contribution is 6.36. The lowest BCUT2D eigenvalue weighted by molar-refractivity contribution is 0.122. The number of morpholine rings is 1. The van der Waals surface area contributed by atoms with Gasteiger partial charge in [0, 0.05) is 49.0 Å². The van der Waals surface area contributed by atoms with Crippen LogP contribution < -0.4 is 21.1 Å². The van der Waals surface area contributed by atoms with Crippen molar-refractivity contribution in [1.82, 2.24) is 21.1 Å².